The largest absolute Gasteiger partial charge is 0.281 e. The van der Waals surface area contributed by atoms with E-state index in [1.54, 1.807) is 4.40 Å². The first kappa shape index (κ1) is 13.5. The number of hydrogen-bond donors (Lipinski definition) is 0. The summed E-state index contributed by atoms with van der Waals surface area (Å²) in [6.45, 7) is 8.15. The van der Waals surface area contributed by atoms with Gasteiger partial charge in [0.1, 0.15) is 11.3 Å². The summed E-state index contributed by atoms with van der Waals surface area (Å²) in [6.07, 6.45) is 1.84. The molecule has 0 radical (unpaired) electrons. The Hall–Kier alpha value is -2.49. The number of nitrogens with zero attached hydrogens (tertiary/aromatic N) is 3. The minimum atomic E-state index is 0.361. The smallest absolute Gasteiger partial charge is 0.209 e. The highest BCUT2D eigenvalue weighted by Crippen LogP contribution is 2.35. The van der Waals surface area contributed by atoms with Gasteiger partial charge in [-0.25, -0.2) is 4.98 Å². The standard InChI is InChI=1S/C17H17N3O/c1-10-5-6-20-14(9-10)18-16(17(20)19-21)15-12(3)7-11(2)8-13(15)4/h5-9H,1-4H3. The lowest BCUT2D eigenvalue weighted by molar-refractivity contribution is 1.15. The van der Waals surface area contributed by atoms with Gasteiger partial charge in [-0.1, -0.05) is 17.7 Å². The van der Waals surface area contributed by atoms with Gasteiger partial charge in [-0.3, -0.25) is 4.40 Å². The fraction of sp³-hybridized carbons (Fsp3) is 0.235. The van der Waals surface area contributed by atoms with Crippen molar-refractivity contribution in [2.24, 2.45) is 5.18 Å². The van der Waals surface area contributed by atoms with E-state index in [9.17, 15) is 4.91 Å². The highest BCUT2D eigenvalue weighted by Gasteiger charge is 2.18. The molecule has 3 aromatic rings. The number of rotatable bonds is 2. The predicted molar refractivity (Wildman–Crippen MR) is 85.0 cm³/mol. The molecule has 0 N–H and O–H groups in total. The van der Waals surface area contributed by atoms with E-state index in [0.29, 0.717) is 11.5 Å². The second-order valence-electron chi connectivity index (χ2n) is 5.58. The summed E-state index contributed by atoms with van der Waals surface area (Å²) in [5.41, 5.74) is 6.93. The Bertz CT molecular complexity index is 839. The highest BCUT2D eigenvalue weighted by atomic mass is 16.3. The lowest BCUT2D eigenvalue weighted by atomic mass is 9.97. The highest BCUT2D eigenvalue weighted by molar-refractivity contribution is 5.79. The molecule has 2 heterocycles. The van der Waals surface area contributed by atoms with E-state index in [1.807, 2.05) is 39.1 Å². The summed E-state index contributed by atoms with van der Waals surface area (Å²) in [4.78, 5) is 16.0. The molecular formula is C17H17N3O. The van der Waals surface area contributed by atoms with E-state index in [1.165, 1.54) is 5.56 Å². The van der Waals surface area contributed by atoms with Gasteiger partial charge in [-0.2, -0.15) is 0 Å². The van der Waals surface area contributed by atoms with Crippen molar-refractivity contribution in [2.45, 2.75) is 27.7 Å². The van der Waals surface area contributed by atoms with Crippen molar-refractivity contribution >= 4 is 11.5 Å². The third kappa shape index (κ3) is 2.13. The first-order chi connectivity index (χ1) is 10.0. The summed E-state index contributed by atoms with van der Waals surface area (Å²) < 4.78 is 1.74. The number of benzene rings is 1. The molecule has 0 unspecified atom stereocenters. The normalized spacial score (nSPS) is 11.0. The van der Waals surface area contributed by atoms with E-state index in [2.05, 4.69) is 29.2 Å². The summed E-state index contributed by atoms with van der Waals surface area (Å²) in [6, 6.07) is 8.11. The predicted octanol–water partition coefficient (Wildman–Crippen LogP) is 4.63. The van der Waals surface area contributed by atoms with Gasteiger partial charge in [0.15, 0.2) is 0 Å². The van der Waals surface area contributed by atoms with Crippen LogP contribution in [-0.2, 0) is 0 Å². The van der Waals surface area contributed by atoms with Crippen molar-refractivity contribution < 1.29 is 0 Å². The molecule has 3 rings (SSSR count). The van der Waals surface area contributed by atoms with Gasteiger partial charge in [0, 0.05) is 11.8 Å². The number of nitroso groups, excluding NO2 is 1. The maximum absolute atomic E-state index is 11.3. The Balaban J connectivity index is 2.38. The fourth-order valence-electron chi connectivity index (χ4n) is 2.94. The molecule has 0 fully saturated rings. The summed E-state index contributed by atoms with van der Waals surface area (Å²) >= 11 is 0. The lowest BCUT2D eigenvalue weighted by Gasteiger charge is -2.09. The summed E-state index contributed by atoms with van der Waals surface area (Å²) in [5.74, 6) is 0.361. The second-order valence-corrected chi connectivity index (χ2v) is 5.58. The van der Waals surface area contributed by atoms with Crippen LogP contribution in [0, 0.1) is 32.6 Å². The number of aryl methyl sites for hydroxylation is 4. The molecule has 0 atom stereocenters. The van der Waals surface area contributed by atoms with Crippen molar-refractivity contribution in [2.75, 3.05) is 0 Å². The maximum Gasteiger partial charge on any atom is 0.209 e. The Morgan fingerprint density at radius 3 is 2.29 bits per heavy atom. The van der Waals surface area contributed by atoms with Crippen LogP contribution in [0.4, 0.5) is 5.82 Å². The second kappa shape index (κ2) is 4.81. The van der Waals surface area contributed by atoms with Crippen LogP contribution in [0.1, 0.15) is 22.3 Å². The molecule has 0 spiro atoms. The fourth-order valence-corrected chi connectivity index (χ4v) is 2.94. The van der Waals surface area contributed by atoms with Crippen LogP contribution in [0.3, 0.4) is 0 Å². The lowest BCUT2D eigenvalue weighted by Crippen LogP contribution is -1.90. The minimum Gasteiger partial charge on any atom is -0.281 e. The number of imidazole rings is 1. The van der Waals surface area contributed by atoms with Crippen LogP contribution in [0.15, 0.2) is 35.6 Å². The Labute approximate surface area is 123 Å². The van der Waals surface area contributed by atoms with Gasteiger partial charge in [-0.05, 0) is 61.7 Å². The molecule has 4 heteroatoms. The maximum atomic E-state index is 11.3. The molecule has 0 bridgehead atoms. The first-order valence-electron chi connectivity index (χ1n) is 6.91. The molecule has 0 aliphatic carbocycles. The molecule has 0 saturated carbocycles. The molecule has 0 aliphatic rings. The Morgan fingerprint density at radius 2 is 1.67 bits per heavy atom. The van der Waals surface area contributed by atoms with Crippen LogP contribution in [-0.4, -0.2) is 9.38 Å². The van der Waals surface area contributed by atoms with Crippen LogP contribution >= 0.6 is 0 Å². The third-order valence-electron chi connectivity index (χ3n) is 3.76. The van der Waals surface area contributed by atoms with E-state index in [0.717, 1.165) is 27.9 Å². The van der Waals surface area contributed by atoms with E-state index < -0.39 is 0 Å². The number of hydrogen-bond acceptors (Lipinski definition) is 3. The van der Waals surface area contributed by atoms with Gasteiger partial charge in [0.05, 0.1) is 0 Å². The van der Waals surface area contributed by atoms with Crippen LogP contribution in [0.2, 0.25) is 0 Å². The van der Waals surface area contributed by atoms with Crippen molar-refractivity contribution in [3.05, 3.63) is 57.6 Å². The Morgan fingerprint density at radius 1 is 1.00 bits per heavy atom. The number of aromatic nitrogens is 2. The van der Waals surface area contributed by atoms with Gasteiger partial charge in [0.2, 0.25) is 5.82 Å². The average molecular weight is 279 g/mol. The molecular weight excluding hydrogens is 262 g/mol. The third-order valence-corrected chi connectivity index (χ3v) is 3.76. The van der Waals surface area contributed by atoms with Crippen molar-refractivity contribution in [1.29, 1.82) is 0 Å². The Kier molecular flexibility index (Phi) is 3.09. The van der Waals surface area contributed by atoms with E-state index in [4.69, 9.17) is 0 Å². The zero-order valence-corrected chi connectivity index (χ0v) is 12.6. The molecule has 4 nitrogen and oxygen atoms in total. The molecule has 1 aromatic carbocycles. The zero-order chi connectivity index (χ0) is 15.1. The number of fused-ring (bicyclic) bond motifs is 1. The zero-order valence-electron chi connectivity index (χ0n) is 12.6. The molecule has 0 saturated heterocycles. The molecule has 0 aliphatic heterocycles. The van der Waals surface area contributed by atoms with Gasteiger partial charge in [0.25, 0.3) is 0 Å². The van der Waals surface area contributed by atoms with Gasteiger partial charge >= 0.3 is 0 Å². The topological polar surface area (TPSA) is 46.7 Å². The first-order valence-corrected chi connectivity index (χ1v) is 6.91. The van der Waals surface area contributed by atoms with Gasteiger partial charge in [-0.15, -0.1) is 4.91 Å². The molecule has 21 heavy (non-hydrogen) atoms. The van der Waals surface area contributed by atoms with Crippen molar-refractivity contribution in [3.8, 4) is 11.3 Å². The van der Waals surface area contributed by atoms with Crippen LogP contribution < -0.4 is 0 Å². The molecule has 106 valence electrons. The van der Waals surface area contributed by atoms with Gasteiger partial charge < -0.3 is 0 Å². The van der Waals surface area contributed by atoms with Crippen molar-refractivity contribution in [3.63, 3.8) is 0 Å². The SMILES string of the molecule is Cc1cc(C)c(-c2nc3cc(C)ccn3c2N=O)c(C)c1. The molecule has 0 amide bonds. The quantitative estimate of drug-likeness (QED) is 0.642. The minimum absolute atomic E-state index is 0.361. The monoisotopic (exact) mass is 279 g/mol. The van der Waals surface area contributed by atoms with E-state index in [-0.39, 0.29) is 0 Å². The molecule has 2 aromatic heterocycles. The average Bonchev–Trinajstić information content (AvgIpc) is 2.74. The summed E-state index contributed by atoms with van der Waals surface area (Å²) in [7, 11) is 0. The van der Waals surface area contributed by atoms with Crippen molar-refractivity contribution in [1.82, 2.24) is 9.38 Å². The van der Waals surface area contributed by atoms with Crippen LogP contribution in [0.5, 0.6) is 0 Å². The summed E-state index contributed by atoms with van der Waals surface area (Å²) in [5, 5.41) is 3.22. The number of pyridine rings is 1. The van der Waals surface area contributed by atoms with Crippen LogP contribution in [0.25, 0.3) is 16.9 Å². The van der Waals surface area contributed by atoms with E-state index >= 15 is 0 Å².